The minimum absolute atomic E-state index is 0.127. The SMILES string of the molecule is Cc1nn(C)c2ncc(NC(=O)NCC3CC4(CCNCC4)C(=O)O3)cc12. The van der Waals surface area contributed by atoms with Gasteiger partial charge in [-0.05, 0) is 38.9 Å². The lowest BCUT2D eigenvalue weighted by Gasteiger charge is -2.29. The first-order valence-corrected chi connectivity index (χ1v) is 9.23. The fourth-order valence-corrected chi connectivity index (χ4v) is 4.02. The summed E-state index contributed by atoms with van der Waals surface area (Å²) in [6.45, 7) is 3.87. The maximum atomic E-state index is 12.3. The Balaban J connectivity index is 1.34. The first-order chi connectivity index (χ1) is 13.0. The van der Waals surface area contributed by atoms with E-state index >= 15 is 0 Å². The molecule has 2 saturated heterocycles. The lowest BCUT2D eigenvalue weighted by molar-refractivity contribution is -0.149. The van der Waals surface area contributed by atoms with Crippen LogP contribution in [0.15, 0.2) is 12.3 Å². The summed E-state index contributed by atoms with van der Waals surface area (Å²) in [6.07, 6.45) is 3.58. The van der Waals surface area contributed by atoms with E-state index in [-0.39, 0.29) is 23.5 Å². The van der Waals surface area contributed by atoms with Crippen LogP contribution in [0.1, 0.15) is 25.0 Å². The number of rotatable bonds is 3. The normalized spacial score (nSPS) is 21.4. The third kappa shape index (κ3) is 3.34. The van der Waals surface area contributed by atoms with Gasteiger partial charge in [0.2, 0.25) is 0 Å². The van der Waals surface area contributed by atoms with Gasteiger partial charge in [-0.15, -0.1) is 0 Å². The van der Waals surface area contributed by atoms with Crippen LogP contribution in [0.3, 0.4) is 0 Å². The predicted molar refractivity (Wildman–Crippen MR) is 99.3 cm³/mol. The highest BCUT2D eigenvalue weighted by Gasteiger charge is 2.49. The van der Waals surface area contributed by atoms with Gasteiger partial charge in [0.1, 0.15) is 6.10 Å². The molecule has 0 aromatic carbocycles. The van der Waals surface area contributed by atoms with Gasteiger partial charge in [0.15, 0.2) is 5.65 Å². The van der Waals surface area contributed by atoms with Crippen molar-refractivity contribution in [2.45, 2.75) is 32.3 Å². The van der Waals surface area contributed by atoms with Gasteiger partial charge in [-0.3, -0.25) is 9.48 Å². The van der Waals surface area contributed by atoms with Gasteiger partial charge in [-0.2, -0.15) is 5.10 Å². The molecular weight excluding hydrogens is 348 g/mol. The molecule has 2 amide bonds. The summed E-state index contributed by atoms with van der Waals surface area (Å²) in [5.41, 5.74) is 1.84. The van der Waals surface area contributed by atoms with Crippen LogP contribution in [0.2, 0.25) is 0 Å². The fraction of sp³-hybridized carbons (Fsp3) is 0.556. The number of anilines is 1. The Kier molecular flexibility index (Phi) is 4.47. The Labute approximate surface area is 156 Å². The Morgan fingerprint density at radius 3 is 3.00 bits per heavy atom. The summed E-state index contributed by atoms with van der Waals surface area (Å²) in [4.78, 5) is 28.8. The number of nitrogens with zero attached hydrogens (tertiary/aromatic N) is 3. The zero-order chi connectivity index (χ0) is 19.0. The number of aryl methyl sites for hydroxylation is 2. The highest BCUT2D eigenvalue weighted by Crippen LogP contribution is 2.41. The van der Waals surface area contributed by atoms with E-state index in [4.69, 9.17) is 4.74 Å². The minimum Gasteiger partial charge on any atom is -0.460 e. The van der Waals surface area contributed by atoms with Crippen molar-refractivity contribution in [1.29, 1.82) is 0 Å². The predicted octanol–water partition coefficient (Wildman–Crippen LogP) is 1.08. The van der Waals surface area contributed by atoms with E-state index in [9.17, 15) is 9.59 Å². The number of cyclic esters (lactones) is 1. The highest BCUT2D eigenvalue weighted by molar-refractivity contribution is 5.92. The molecular formula is C18H24N6O3. The van der Waals surface area contributed by atoms with Gasteiger partial charge in [0.05, 0.1) is 29.5 Å². The molecule has 2 aliphatic rings. The number of esters is 1. The fourth-order valence-electron chi connectivity index (χ4n) is 4.02. The number of pyridine rings is 1. The molecule has 27 heavy (non-hydrogen) atoms. The quantitative estimate of drug-likeness (QED) is 0.696. The van der Waals surface area contributed by atoms with Gasteiger partial charge >= 0.3 is 12.0 Å². The topological polar surface area (TPSA) is 110 Å². The van der Waals surface area contributed by atoms with Gasteiger partial charge in [-0.25, -0.2) is 9.78 Å². The molecule has 144 valence electrons. The van der Waals surface area contributed by atoms with Gasteiger partial charge < -0.3 is 20.7 Å². The Hall–Kier alpha value is -2.68. The van der Waals surface area contributed by atoms with Crippen molar-refractivity contribution in [3.63, 3.8) is 0 Å². The zero-order valence-electron chi connectivity index (χ0n) is 15.5. The Bertz CT molecular complexity index is 887. The molecule has 1 spiro atoms. The van der Waals surface area contributed by atoms with E-state index in [2.05, 4.69) is 26.0 Å². The molecule has 2 fully saturated rings. The van der Waals surface area contributed by atoms with E-state index in [1.807, 2.05) is 20.0 Å². The lowest BCUT2D eigenvalue weighted by Crippen LogP contribution is -2.40. The van der Waals surface area contributed by atoms with Crippen LogP contribution in [0, 0.1) is 12.3 Å². The molecule has 0 radical (unpaired) electrons. The van der Waals surface area contributed by atoms with Crippen LogP contribution in [0.25, 0.3) is 11.0 Å². The number of nitrogens with one attached hydrogen (secondary N) is 3. The minimum atomic E-state index is -0.374. The van der Waals surface area contributed by atoms with Crippen LogP contribution in [0.5, 0.6) is 0 Å². The molecule has 1 atom stereocenters. The molecule has 9 nitrogen and oxygen atoms in total. The largest absolute Gasteiger partial charge is 0.460 e. The van der Waals surface area contributed by atoms with Crippen molar-refractivity contribution in [1.82, 2.24) is 25.4 Å². The molecule has 0 saturated carbocycles. The summed E-state index contributed by atoms with van der Waals surface area (Å²) >= 11 is 0. The molecule has 4 heterocycles. The second kappa shape index (κ2) is 6.80. The third-order valence-electron chi connectivity index (χ3n) is 5.50. The molecule has 0 bridgehead atoms. The highest BCUT2D eigenvalue weighted by atomic mass is 16.6. The first-order valence-electron chi connectivity index (χ1n) is 9.23. The number of urea groups is 1. The average molecular weight is 372 g/mol. The second-order valence-corrected chi connectivity index (χ2v) is 7.40. The van der Waals surface area contributed by atoms with Crippen LogP contribution >= 0.6 is 0 Å². The molecule has 0 aliphatic carbocycles. The van der Waals surface area contributed by atoms with E-state index < -0.39 is 0 Å². The van der Waals surface area contributed by atoms with Crippen molar-refractivity contribution in [3.8, 4) is 0 Å². The summed E-state index contributed by atoms with van der Waals surface area (Å²) < 4.78 is 7.21. The maximum Gasteiger partial charge on any atom is 0.319 e. The average Bonchev–Trinajstić information content (AvgIpc) is 3.10. The summed E-state index contributed by atoms with van der Waals surface area (Å²) in [5, 5.41) is 14.1. The van der Waals surface area contributed by atoms with Crippen LogP contribution < -0.4 is 16.0 Å². The maximum absolute atomic E-state index is 12.3. The number of hydrogen-bond acceptors (Lipinski definition) is 6. The third-order valence-corrected chi connectivity index (χ3v) is 5.50. The number of ether oxygens (including phenoxy) is 1. The van der Waals surface area contributed by atoms with Crippen LogP contribution in [-0.2, 0) is 16.6 Å². The zero-order valence-corrected chi connectivity index (χ0v) is 15.5. The summed E-state index contributed by atoms with van der Waals surface area (Å²) in [6, 6.07) is 1.50. The van der Waals surface area contributed by atoms with E-state index in [1.54, 1.807) is 10.9 Å². The number of carbonyl (C=O) groups excluding carboxylic acids is 2. The van der Waals surface area contributed by atoms with Crippen molar-refractivity contribution in [3.05, 3.63) is 18.0 Å². The number of amides is 2. The first kappa shape index (κ1) is 17.7. The molecule has 3 N–H and O–H groups in total. The van der Waals surface area contributed by atoms with Crippen molar-refractivity contribution in [2.24, 2.45) is 12.5 Å². The molecule has 9 heteroatoms. The van der Waals surface area contributed by atoms with Gasteiger partial charge in [0.25, 0.3) is 0 Å². The van der Waals surface area contributed by atoms with E-state index in [0.29, 0.717) is 18.7 Å². The molecule has 2 aliphatic heterocycles. The van der Waals surface area contributed by atoms with Gasteiger partial charge in [0, 0.05) is 18.9 Å². The molecule has 2 aromatic rings. The summed E-state index contributed by atoms with van der Waals surface area (Å²) in [5.74, 6) is -0.127. The smallest absolute Gasteiger partial charge is 0.319 e. The number of aromatic nitrogens is 3. The molecule has 4 rings (SSSR count). The van der Waals surface area contributed by atoms with E-state index in [0.717, 1.165) is 42.7 Å². The Morgan fingerprint density at radius 2 is 2.22 bits per heavy atom. The molecule has 2 aromatic heterocycles. The van der Waals surface area contributed by atoms with Crippen molar-refractivity contribution < 1.29 is 14.3 Å². The number of piperidine rings is 1. The number of carbonyl (C=O) groups is 2. The van der Waals surface area contributed by atoms with Crippen LogP contribution in [0.4, 0.5) is 10.5 Å². The second-order valence-electron chi connectivity index (χ2n) is 7.40. The monoisotopic (exact) mass is 372 g/mol. The standard InChI is InChI=1S/C18H24N6O3/c1-11-14-7-12(9-20-15(14)24(2)23-11)22-17(26)21-10-13-8-18(16(25)27-13)3-5-19-6-4-18/h7,9,13,19H,3-6,8,10H2,1-2H3,(H2,21,22,26). The van der Waals surface area contributed by atoms with Crippen molar-refractivity contribution >= 4 is 28.7 Å². The van der Waals surface area contributed by atoms with Gasteiger partial charge in [-0.1, -0.05) is 0 Å². The Morgan fingerprint density at radius 1 is 1.44 bits per heavy atom. The van der Waals surface area contributed by atoms with Crippen molar-refractivity contribution in [2.75, 3.05) is 25.0 Å². The number of hydrogen-bond donors (Lipinski definition) is 3. The summed E-state index contributed by atoms with van der Waals surface area (Å²) in [7, 11) is 1.83. The molecule has 1 unspecified atom stereocenters. The lowest BCUT2D eigenvalue weighted by atomic mass is 9.76. The number of fused-ring (bicyclic) bond motifs is 1. The van der Waals surface area contributed by atoms with Crippen LogP contribution in [-0.4, -0.2) is 52.5 Å². The van der Waals surface area contributed by atoms with E-state index in [1.165, 1.54) is 0 Å².